The van der Waals surface area contributed by atoms with Crippen LogP contribution in [0, 0.1) is 0 Å². The number of hydrogen-bond donors (Lipinski definition) is 2. The second-order valence-corrected chi connectivity index (χ2v) is 5.62. The van der Waals surface area contributed by atoms with Gasteiger partial charge in [-0.25, -0.2) is 4.98 Å². The van der Waals surface area contributed by atoms with Crippen molar-refractivity contribution in [3.63, 3.8) is 0 Å². The zero-order chi connectivity index (χ0) is 16.3. The summed E-state index contributed by atoms with van der Waals surface area (Å²) in [7, 11) is 1.43. The van der Waals surface area contributed by atoms with Crippen LogP contribution in [-0.2, 0) is 12.7 Å². The van der Waals surface area contributed by atoms with Crippen LogP contribution in [0.25, 0.3) is 0 Å². The maximum atomic E-state index is 12.9. The first-order chi connectivity index (χ1) is 10.3. The Labute approximate surface area is 133 Å². The number of nitrogens with one attached hydrogen (secondary N) is 2. The number of carbonyl (C=O) groups excluding carboxylic acids is 1. The average Bonchev–Trinajstić information content (AvgIpc) is 2.90. The van der Waals surface area contributed by atoms with Crippen molar-refractivity contribution in [3.8, 4) is 0 Å². The topological polar surface area (TPSA) is 54.0 Å². The van der Waals surface area contributed by atoms with E-state index >= 15 is 0 Å². The summed E-state index contributed by atoms with van der Waals surface area (Å²) in [6.07, 6.45) is -4.69. The van der Waals surface area contributed by atoms with Crippen LogP contribution in [0.3, 0.4) is 0 Å². The van der Waals surface area contributed by atoms with Crippen LogP contribution < -0.4 is 10.6 Å². The molecule has 0 saturated heterocycles. The number of amides is 1. The predicted octanol–water partition coefficient (Wildman–Crippen LogP) is 3.79. The van der Waals surface area contributed by atoms with Gasteiger partial charge in [0.1, 0.15) is 4.88 Å². The fraction of sp³-hybridized carbons (Fsp3) is 0.231. The standard InChI is InChI=1S/C13H11ClF3N3OS/c1-18-12-20-10(13(15,16)17)9(22-12)11(21)19-6-7-4-2-3-5-8(7)14/h2-5H,6H2,1H3,(H,18,20)(H,19,21). The molecular weight excluding hydrogens is 339 g/mol. The van der Waals surface area contributed by atoms with Gasteiger partial charge in [0.25, 0.3) is 5.91 Å². The lowest BCUT2D eigenvalue weighted by molar-refractivity contribution is -0.141. The lowest BCUT2D eigenvalue weighted by atomic mass is 10.2. The van der Waals surface area contributed by atoms with Gasteiger partial charge < -0.3 is 10.6 Å². The summed E-state index contributed by atoms with van der Waals surface area (Å²) in [4.78, 5) is 14.9. The Kier molecular flexibility index (Phi) is 4.92. The first-order valence-electron chi connectivity index (χ1n) is 6.10. The van der Waals surface area contributed by atoms with Crippen molar-refractivity contribution >= 4 is 34.0 Å². The molecule has 0 fully saturated rings. The molecule has 0 bridgehead atoms. The second kappa shape index (κ2) is 6.53. The number of alkyl halides is 3. The van der Waals surface area contributed by atoms with Crippen molar-refractivity contribution in [2.75, 3.05) is 12.4 Å². The summed E-state index contributed by atoms with van der Waals surface area (Å²) in [6.45, 7) is 0.0303. The third kappa shape index (κ3) is 3.69. The highest BCUT2D eigenvalue weighted by atomic mass is 35.5. The monoisotopic (exact) mass is 349 g/mol. The summed E-state index contributed by atoms with van der Waals surface area (Å²) in [5.74, 6) is -0.841. The van der Waals surface area contributed by atoms with Gasteiger partial charge >= 0.3 is 6.18 Å². The molecule has 22 heavy (non-hydrogen) atoms. The Bertz CT molecular complexity index is 687. The minimum atomic E-state index is -4.69. The van der Waals surface area contributed by atoms with Crippen LogP contribution >= 0.6 is 22.9 Å². The Morgan fingerprint density at radius 1 is 1.36 bits per heavy atom. The fourth-order valence-corrected chi connectivity index (χ4v) is 2.73. The maximum Gasteiger partial charge on any atom is 0.435 e. The molecule has 2 rings (SSSR count). The minimum absolute atomic E-state index is 0.0234. The molecule has 0 unspecified atom stereocenters. The highest BCUT2D eigenvalue weighted by Gasteiger charge is 2.39. The molecule has 1 aromatic carbocycles. The van der Waals surface area contributed by atoms with Gasteiger partial charge in [-0.3, -0.25) is 4.79 Å². The molecule has 0 spiro atoms. The number of thiazole rings is 1. The highest BCUT2D eigenvalue weighted by Crippen LogP contribution is 2.36. The number of aromatic nitrogens is 1. The van der Waals surface area contributed by atoms with Crippen LogP contribution in [0.5, 0.6) is 0 Å². The van der Waals surface area contributed by atoms with E-state index in [1.165, 1.54) is 7.05 Å². The fourth-order valence-electron chi connectivity index (χ4n) is 1.67. The highest BCUT2D eigenvalue weighted by molar-refractivity contribution is 7.17. The van der Waals surface area contributed by atoms with E-state index in [-0.39, 0.29) is 11.7 Å². The van der Waals surface area contributed by atoms with Gasteiger partial charge in [0.15, 0.2) is 10.8 Å². The molecule has 4 nitrogen and oxygen atoms in total. The van der Waals surface area contributed by atoms with Crippen LogP contribution in [-0.4, -0.2) is 17.9 Å². The smallest absolute Gasteiger partial charge is 0.365 e. The Balaban J connectivity index is 2.19. The molecule has 1 heterocycles. The van der Waals surface area contributed by atoms with Gasteiger partial charge in [-0.2, -0.15) is 13.2 Å². The molecule has 1 amide bonds. The third-order valence-corrected chi connectivity index (χ3v) is 4.15. The Morgan fingerprint density at radius 3 is 2.64 bits per heavy atom. The normalized spacial score (nSPS) is 11.3. The van der Waals surface area contributed by atoms with E-state index in [0.29, 0.717) is 21.9 Å². The molecule has 0 aliphatic carbocycles. The van der Waals surface area contributed by atoms with E-state index in [4.69, 9.17) is 11.6 Å². The molecule has 118 valence electrons. The molecule has 2 N–H and O–H groups in total. The number of nitrogens with zero attached hydrogens (tertiary/aromatic N) is 1. The largest absolute Gasteiger partial charge is 0.435 e. The van der Waals surface area contributed by atoms with Crippen molar-refractivity contribution in [2.45, 2.75) is 12.7 Å². The van der Waals surface area contributed by atoms with E-state index in [1.807, 2.05) is 0 Å². The van der Waals surface area contributed by atoms with E-state index in [9.17, 15) is 18.0 Å². The molecule has 0 atom stereocenters. The number of hydrogen-bond acceptors (Lipinski definition) is 4. The first-order valence-corrected chi connectivity index (χ1v) is 7.29. The molecule has 0 aliphatic heterocycles. The minimum Gasteiger partial charge on any atom is -0.365 e. The zero-order valence-corrected chi connectivity index (χ0v) is 12.9. The second-order valence-electron chi connectivity index (χ2n) is 4.22. The summed E-state index contributed by atoms with van der Waals surface area (Å²) >= 11 is 6.58. The molecule has 0 radical (unpaired) electrons. The Morgan fingerprint density at radius 2 is 2.05 bits per heavy atom. The van der Waals surface area contributed by atoms with Gasteiger partial charge in [-0.1, -0.05) is 41.1 Å². The third-order valence-electron chi connectivity index (χ3n) is 2.71. The molecule has 0 saturated carbocycles. The summed E-state index contributed by atoms with van der Waals surface area (Å²) < 4.78 is 38.7. The van der Waals surface area contributed by atoms with Gasteiger partial charge in [0.2, 0.25) is 0 Å². The van der Waals surface area contributed by atoms with Gasteiger partial charge in [0, 0.05) is 18.6 Å². The quantitative estimate of drug-likeness (QED) is 0.883. The predicted molar refractivity (Wildman–Crippen MR) is 79.3 cm³/mol. The molecule has 0 aliphatic rings. The molecule has 9 heteroatoms. The van der Waals surface area contributed by atoms with Crippen molar-refractivity contribution in [3.05, 3.63) is 45.4 Å². The number of halogens is 4. The van der Waals surface area contributed by atoms with Crippen LogP contribution in [0.15, 0.2) is 24.3 Å². The molecule has 2 aromatic rings. The Hall–Kier alpha value is -1.80. The van der Waals surface area contributed by atoms with Crippen LogP contribution in [0.1, 0.15) is 20.9 Å². The summed E-state index contributed by atoms with van der Waals surface area (Å²) in [5, 5.41) is 5.38. The number of anilines is 1. The SMILES string of the molecule is CNc1nc(C(F)(F)F)c(C(=O)NCc2ccccc2Cl)s1. The summed E-state index contributed by atoms with van der Waals surface area (Å²) in [5.41, 5.74) is -0.581. The van der Waals surface area contributed by atoms with E-state index in [1.54, 1.807) is 24.3 Å². The van der Waals surface area contributed by atoms with Crippen molar-refractivity contribution in [1.82, 2.24) is 10.3 Å². The zero-order valence-electron chi connectivity index (χ0n) is 11.3. The first kappa shape index (κ1) is 16.6. The number of benzene rings is 1. The number of rotatable bonds is 4. The van der Waals surface area contributed by atoms with E-state index in [2.05, 4.69) is 15.6 Å². The average molecular weight is 350 g/mol. The van der Waals surface area contributed by atoms with Crippen molar-refractivity contribution in [2.24, 2.45) is 0 Å². The van der Waals surface area contributed by atoms with Crippen LogP contribution in [0.4, 0.5) is 18.3 Å². The summed E-state index contributed by atoms with van der Waals surface area (Å²) in [6, 6.07) is 6.76. The van der Waals surface area contributed by atoms with Gasteiger partial charge in [0.05, 0.1) is 0 Å². The van der Waals surface area contributed by atoms with E-state index in [0.717, 1.165) is 0 Å². The molecular formula is C13H11ClF3N3OS. The number of carbonyl (C=O) groups is 1. The van der Waals surface area contributed by atoms with Crippen molar-refractivity contribution < 1.29 is 18.0 Å². The molecule has 1 aromatic heterocycles. The van der Waals surface area contributed by atoms with Crippen molar-refractivity contribution in [1.29, 1.82) is 0 Å². The van der Waals surface area contributed by atoms with Gasteiger partial charge in [-0.15, -0.1) is 0 Å². The maximum absolute atomic E-state index is 12.9. The lowest BCUT2D eigenvalue weighted by Gasteiger charge is -2.08. The van der Waals surface area contributed by atoms with Gasteiger partial charge in [-0.05, 0) is 11.6 Å². The lowest BCUT2D eigenvalue weighted by Crippen LogP contribution is -2.24. The van der Waals surface area contributed by atoms with Crippen LogP contribution in [0.2, 0.25) is 5.02 Å². The van der Waals surface area contributed by atoms with E-state index < -0.39 is 22.7 Å².